The van der Waals surface area contributed by atoms with Crippen molar-refractivity contribution >= 4 is 11.9 Å². The Balaban J connectivity index is 2.91. The van der Waals surface area contributed by atoms with Crippen molar-refractivity contribution in [3.8, 4) is 0 Å². The van der Waals surface area contributed by atoms with E-state index in [1.165, 1.54) is 14.0 Å². The Bertz CT molecular complexity index is 348. The summed E-state index contributed by atoms with van der Waals surface area (Å²) in [5, 5.41) is 2.53. The monoisotopic (exact) mass is 207 g/mol. The van der Waals surface area contributed by atoms with Gasteiger partial charge in [0, 0.05) is 6.92 Å². The van der Waals surface area contributed by atoms with E-state index < -0.39 is 12.0 Å². The lowest BCUT2D eigenvalue weighted by Crippen LogP contribution is -2.32. The minimum atomic E-state index is -0.728. The summed E-state index contributed by atoms with van der Waals surface area (Å²) in [6.07, 6.45) is 0. The van der Waals surface area contributed by atoms with E-state index in [2.05, 4.69) is 10.1 Å². The molecule has 0 aliphatic heterocycles. The van der Waals surface area contributed by atoms with E-state index in [0.717, 1.165) is 0 Å². The summed E-state index contributed by atoms with van der Waals surface area (Å²) in [5.74, 6) is -0.745. The largest absolute Gasteiger partial charge is 0.467 e. The van der Waals surface area contributed by atoms with Crippen molar-refractivity contribution < 1.29 is 14.3 Å². The van der Waals surface area contributed by atoms with Crippen LogP contribution in [0.15, 0.2) is 30.3 Å². The van der Waals surface area contributed by atoms with Crippen LogP contribution in [-0.4, -0.2) is 19.0 Å². The molecule has 1 aromatic carbocycles. The number of esters is 1. The Morgan fingerprint density at radius 1 is 1.27 bits per heavy atom. The first-order valence-electron chi connectivity index (χ1n) is 4.55. The number of ether oxygens (including phenoxy) is 1. The van der Waals surface area contributed by atoms with E-state index in [4.69, 9.17) is 0 Å². The Labute approximate surface area is 88.2 Å². The molecule has 1 rings (SSSR count). The fraction of sp³-hybridized carbons (Fsp3) is 0.273. The zero-order valence-electron chi connectivity index (χ0n) is 8.69. The van der Waals surface area contributed by atoms with E-state index in [1.807, 2.05) is 6.07 Å². The van der Waals surface area contributed by atoms with Gasteiger partial charge < -0.3 is 10.1 Å². The first-order valence-corrected chi connectivity index (χ1v) is 4.55. The molecule has 0 aliphatic rings. The second-order valence-corrected chi connectivity index (χ2v) is 3.07. The molecule has 0 fully saturated rings. The molecule has 0 saturated carbocycles. The van der Waals surface area contributed by atoms with Gasteiger partial charge in [-0.2, -0.15) is 0 Å². The van der Waals surface area contributed by atoms with Crippen LogP contribution in [-0.2, 0) is 14.3 Å². The van der Waals surface area contributed by atoms with E-state index in [-0.39, 0.29) is 5.91 Å². The maximum Gasteiger partial charge on any atom is 0.333 e. The highest BCUT2D eigenvalue weighted by Gasteiger charge is 2.21. The molecule has 0 saturated heterocycles. The molecule has 1 atom stereocenters. The van der Waals surface area contributed by atoms with E-state index >= 15 is 0 Å². The van der Waals surface area contributed by atoms with Crippen LogP contribution in [0.5, 0.6) is 0 Å². The van der Waals surface area contributed by atoms with Crippen molar-refractivity contribution in [2.45, 2.75) is 13.0 Å². The third-order valence-corrected chi connectivity index (χ3v) is 1.92. The van der Waals surface area contributed by atoms with Crippen molar-refractivity contribution in [3.63, 3.8) is 0 Å². The van der Waals surface area contributed by atoms with Gasteiger partial charge in [0.15, 0.2) is 6.04 Å². The van der Waals surface area contributed by atoms with Crippen LogP contribution in [0, 0.1) is 0 Å². The van der Waals surface area contributed by atoms with Gasteiger partial charge >= 0.3 is 5.97 Å². The lowest BCUT2D eigenvalue weighted by molar-refractivity contribution is -0.145. The molecular weight excluding hydrogens is 194 g/mol. The molecule has 15 heavy (non-hydrogen) atoms. The zero-order chi connectivity index (χ0) is 11.3. The SMILES string of the molecule is COC(=O)[C@H](NC(C)=O)c1ccccc1. The lowest BCUT2D eigenvalue weighted by atomic mass is 10.1. The van der Waals surface area contributed by atoms with Crippen LogP contribution in [0.1, 0.15) is 18.5 Å². The molecule has 0 aliphatic carbocycles. The highest BCUT2D eigenvalue weighted by molar-refractivity contribution is 5.84. The number of hydrogen-bond donors (Lipinski definition) is 1. The standard InChI is InChI=1S/C11H13NO3/c1-8(13)12-10(11(14)15-2)9-6-4-3-5-7-9/h3-7,10H,1-2H3,(H,12,13)/t10-/m1/s1. The third-order valence-electron chi connectivity index (χ3n) is 1.92. The van der Waals surface area contributed by atoms with Crippen LogP contribution < -0.4 is 5.32 Å². The summed E-state index contributed by atoms with van der Waals surface area (Å²) < 4.78 is 4.61. The average molecular weight is 207 g/mol. The minimum Gasteiger partial charge on any atom is -0.467 e. The number of carbonyl (C=O) groups is 2. The predicted molar refractivity (Wildman–Crippen MR) is 55.0 cm³/mol. The van der Waals surface area contributed by atoms with Crippen molar-refractivity contribution in [3.05, 3.63) is 35.9 Å². The second kappa shape index (κ2) is 5.14. The number of hydrogen-bond acceptors (Lipinski definition) is 3. The molecule has 0 bridgehead atoms. The van der Waals surface area contributed by atoms with Gasteiger partial charge in [-0.25, -0.2) is 4.79 Å². The van der Waals surface area contributed by atoms with Crippen LogP contribution in [0.25, 0.3) is 0 Å². The normalized spacial score (nSPS) is 11.6. The summed E-state index contributed by atoms with van der Waals surface area (Å²) >= 11 is 0. The summed E-state index contributed by atoms with van der Waals surface area (Å²) in [6.45, 7) is 1.36. The van der Waals surface area contributed by atoms with Crippen molar-refractivity contribution in [2.75, 3.05) is 7.11 Å². The van der Waals surface area contributed by atoms with Gasteiger partial charge in [0.25, 0.3) is 0 Å². The Hall–Kier alpha value is -1.84. The minimum absolute atomic E-state index is 0.269. The smallest absolute Gasteiger partial charge is 0.333 e. The van der Waals surface area contributed by atoms with Crippen molar-refractivity contribution in [1.82, 2.24) is 5.32 Å². The van der Waals surface area contributed by atoms with Crippen molar-refractivity contribution in [1.29, 1.82) is 0 Å². The molecular formula is C11H13NO3. The fourth-order valence-corrected chi connectivity index (χ4v) is 1.24. The van der Waals surface area contributed by atoms with E-state index in [9.17, 15) is 9.59 Å². The number of carbonyl (C=O) groups excluding carboxylic acids is 2. The van der Waals surface area contributed by atoms with Gasteiger partial charge in [-0.15, -0.1) is 0 Å². The number of nitrogens with one attached hydrogen (secondary N) is 1. The molecule has 1 aromatic rings. The molecule has 0 spiro atoms. The summed E-state index contributed by atoms with van der Waals surface area (Å²) in [5.41, 5.74) is 0.708. The summed E-state index contributed by atoms with van der Waals surface area (Å²) in [6, 6.07) is 8.23. The van der Waals surface area contributed by atoms with Crippen molar-refractivity contribution in [2.24, 2.45) is 0 Å². The Morgan fingerprint density at radius 2 is 1.87 bits per heavy atom. The van der Waals surface area contributed by atoms with Crippen LogP contribution in [0.2, 0.25) is 0 Å². The molecule has 1 amide bonds. The second-order valence-electron chi connectivity index (χ2n) is 3.07. The average Bonchev–Trinajstić information content (AvgIpc) is 2.26. The molecule has 80 valence electrons. The van der Waals surface area contributed by atoms with Gasteiger partial charge in [0.2, 0.25) is 5.91 Å². The molecule has 0 radical (unpaired) electrons. The highest BCUT2D eigenvalue weighted by Crippen LogP contribution is 2.13. The summed E-state index contributed by atoms with van der Waals surface area (Å²) in [4.78, 5) is 22.3. The maximum absolute atomic E-state index is 11.4. The van der Waals surface area contributed by atoms with Gasteiger partial charge in [0.05, 0.1) is 7.11 Å². The highest BCUT2D eigenvalue weighted by atomic mass is 16.5. The van der Waals surface area contributed by atoms with Gasteiger partial charge in [-0.05, 0) is 5.56 Å². The molecule has 1 N–H and O–H groups in total. The fourth-order valence-electron chi connectivity index (χ4n) is 1.24. The molecule has 4 heteroatoms. The number of amides is 1. The van der Waals surface area contributed by atoms with E-state index in [0.29, 0.717) is 5.56 Å². The maximum atomic E-state index is 11.4. The van der Waals surface area contributed by atoms with Gasteiger partial charge in [-0.3, -0.25) is 4.79 Å². The summed E-state index contributed by atoms with van der Waals surface area (Å²) in [7, 11) is 1.29. The van der Waals surface area contributed by atoms with Crippen LogP contribution in [0.3, 0.4) is 0 Å². The van der Waals surface area contributed by atoms with E-state index in [1.54, 1.807) is 24.3 Å². The van der Waals surface area contributed by atoms with Gasteiger partial charge in [0.1, 0.15) is 0 Å². The molecule has 0 aromatic heterocycles. The topological polar surface area (TPSA) is 55.4 Å². The zero-order valence-corrected chi connectivity index (χ0v) is 8.69. The van der Waals surface area contributed by atoms with Crippen LogP contribution >= 0.6 is 0 Å². The van der Waals surface area contributed by atoms with Gasteiger partial charge in [-0.1, -0.05) is 30.3 Å². The Kier molecular flexibility index (Phi) is 3.85. The first-order chi connectivity index (χ1) is 7.15. The quantitative estimate of drug-likeness (QED) is 0.753. The molecule has 4 nitrogen and oxygen atoms in total. The predicted octanol–water partition coefficient (Wildman–Crippen LogP) is 1.04. The Morgan fingerprint density at radius 3 is 2.33 bits per heavy atom. The van der Waals surface area contributed by atoms with Crippen LogP contribution in [0.4, 0.5) is 0 Å². The first kappa shape index (κ1) is 11.2. The third kappa shape index (κ3) is 3.09. The number of rotatable bonds is 3. The molecule has 0 unspecified atom stereocenters. The molecule has 0 heterocycles. The number of benzene rings is 1. The lowest BCUT2D eigenvalue weighted by Gasteiger charge is -2.15. The number of methoxy groups -OCH3 is 1.